The fourth-order valence-electron chi connectivity index (χ4n) is 1.16. The van der Waals surface area contributed by atoms with E-state index in [0.29, 0.717) is 6.61 Å². The molecule has 1 amide bonds. The van der Waals surface area contributed by atoms with Crippen molar-refractivity contribution in [3.05, 3.63) is 12.2 Å². The maximum Gasteiger partial charge on any atom is 0.330 e. The van der Waals surface area contributed by atoms with Crippen LogP contribution in [0.5, 0.6) is 0 Å². The molecule has 0 spiro atoms. The Morgan fingerprint density at radius 1 is 1.21 bits per heavy atom. The highest BCUT2D eigenvalue weighted by Crippen LogP contribution is 1.98. The van der Waals surface area contributed by atoms with Gasteiger partial charge in [0.05, 0.1) is 14.2 Å². The summed E-state index contributed by atoms with van der Waals surface area (Å²) in [6.45, 7) is 2.02. The number of carbonyl (C=O) groups excluding carboxylic acids is 3. The third-order valence-electron chi connectivity index (χ3n) is 2.09. The fourth-order valence-corrected chi connectivity index (χ4v) is 1.16. The number of hydrogen-bond acceptors (Lipinski definition) is 6. The molecule has 108 valence electrons. The Morgan fingerprint density at radius 3 is 2.42 bits per heavy atom. The maximum atomic E-state index is 11.4. The molecule has 7 nitrogen and oxygen atoms in total. The Hall–Kier alpha value is -1.89. The van der Waals surface area contributed by atoms with E-state index >= 15 is 0 Å². The minimum Gasteiger partial charge on any atom is -0.467 e. The number of esters is 2. The lowest BCUT2D eigenvalue weighted by Gasteiger charge is -2.14. The van der Waals surface area contributed by atoms with Crippen LogP contribution in [0.3, 0.4) is 0 Å². The maximum absolute atomic E-state index is 11.4. The molecule has 1 atom stereocenters. The van der Waals surface area contributed by atoms with Crippen LogP contribution in [0.4, 0.5) is 0 Å². The van der Waals surface area contributed by atoms with Crippen molar-refractivity contribution in [3.63, 3.8) is 0 Å². The number of ether oxygens (including phenoxy) is 3. The molecule has 0 radical (unpaired) electrons. The minimum atomic E-state index is -0.862. The molecular weight excluding hydrogens is 254 g/mol. The molecule has 0 unspecified atom stereocenters. The van der Waals surface area contributed by atoms with E-state index in [9.17, 15) is 14.4 Å². The predicted octanol–water partition coefficient (Wildman–Crippen LogP) is -0.200. The van der Waals surface area contributed by atoms with Gasteiger partial charge < -0.3 is 19.5 Å². The van der Waals surface area contributed by atoms with Crippen LogP contribution in [0.2, 0.25) is 0 Å². The van der Waals surface area contributed by atoms with Gasteiger partial charge in [-0.2, -0.15) is 0 Å². The van der Waals surface area contributed by atoms with Crippen molar-refractivity contribution in [1.29, 1.82) is 0 Å². The molecule has 1 N–H and O–H groups in total. The largest absolute Gasteiger partial charge is 0.467 e. The Balaban J connectivity index is 4.39. The second-order valence-electron chi connectivity index (χ2n) is 3.44. The minimum absolute atomic E-state index is 0.125. The summed E-state index contributed by atoms with van der Waals surface area (Å²) >= 11 is 0. The monoisotopic (exact) mass is 273 g/mol. The SMILES string of the molecule is CCOCC(=O)N[C@H](C/C=C/C(=O)OC)C(=O)OC. The molecule has 0 bridgehead atoms. The number of rotatable bonds is 8. The molecule has 0 saturated carbocycles. The molecular formula is C12H19NO6. The molecule has 7 heteroatoms. The van der Waals surface area contributed by atoms with Crippen molar-refractivity contribution in [2.24, 2.45) is 0 Å². The quantitative estimate of drug-likeness (QED) is 0.486. The highest BCUT2D eigenvalue weighted by atomic mass is 16.5. The van der Waals surface area contributed by atoms with Crippen molar-refractivity contribution < 1.29 is 28.6 Å². The Morgan fingerprint density at radius 2 is 1.89 bits per heavy atom. The predicted molar refractivity (Wildman–Crippen MR) is 66.2 cm³/mol. The van der Waals surface area contributed by atoms with Crippen LogP contribution in [0.25, 0.3) is 0 Å². The molecule has 0 aromatic heterocycles. The summed E-state index contributed by atoms with van der Waals surface area (Å²) in [6, 6.07) is -0.862. The molecule has 0 aromatic rings. The van der Waals surface area contributed by atoms with Gasteiger partial charge in [-0.15, -0.1) is 0 Å². The van der Waals surface area contributed by atoms with Gasteiger partial charge in [0.2, 0.25) is 5.91 Å². The summed E-state index contributed by atoms with van der Waals surface area (Å²) in [5.74, 6) is -1.56. The highest BCUT2D eigenvalue weighted by Gasteiger charge is 2.20. The van der Waals surface area contributed by atoms with E-state index in [4.69, 9.17) is 4.74 Å². The van der Waals surface area contributed by atoms with Crippen LogP contribution in [-0.4, -0.2) is 51.3 Å². The van der Waals surface area contributed by atoms with E-state index in [1.54, 1.807) is 6.92 Å². The normalized spacial score (nSPS) is 11.9. The zero-order valence-electron chi connectivity index (χ0n) is 11.3. The van der Waals surface area contributed by atoms with Gasteiger partial charge in [0.25, 0.3) is 0 Å². The topological polar surface area (TPSA) is 90.9 Å². The third-order valence-corrected chi connectivity index (χ3v) is 2.09. The summed E-state index contributed by atoms with van der Waals surface area (Å²) in [5.41, 5.74) is 0. The average molecular weight is 273 g/mol. The lowest BCUT2D eigenvalue weighted by atomic mass is 10.2. The molecule has 0 aliphatic rings. The van der Waals surface area contributed by atoms with E-state index in [1.807, 2.05) is 0 Å². The Bertz CT molecular complexity index is 339. The molecule has 0 aromatic carbocycles. The van der Waals surface area contributed by atoms with Gasteiger partial charge >= 0.3 is 11.9 Å². The van der Waals surface area contributed by atoms with Crippen molar-refractivity contribution in [3.8, 4) is 0 Å². The lowest BCUT2D eigenvalue weighted by Crippen LogP contribution is -2.42. The summed E-state index contributed by atoms with van der Waals surface area (Å²) in [4.78, 5) is 33.7. The van der Waals surface area contributed by atoms with E-state index in [1.165, 1.54) is 26.4 Å². The Labute approximate surface area is 111 Å². The van der Waals surface area contributed by atoms with Crippen LogP contribution in [-0.2, 0) is 28.6 Å². The molecule has 0 saturated heterocycles. The van der Waals surface area contributed by atoms with Crippen molar-refractivity contribution >= 4 is 17.8 Å². The smallest absolute Gasteiger partial charge is 0.330 e. The zero-order valence-corrected chi connectivity index (χ0v) is 11.3. The van der Waals surface area contributed by atoms with Crippen molar-refractivity contribution in [2.75, 3.05) is 27.4 Å². The van der Waals surface area contributed by atoms with Crippen LogP contribution in [0, 0.1) is 0 Å². The molecule has 0 rings (SSSR count). The lowest BCUT2D eigenvalue weighted by molar-refractivity contribution is -0.145. The van der Waals surface area contributed by atoms with Gasteiger partial charge in [0.15, 0.2) is 0 Å². The molecule has 0 fully saturated rings. The first-order valence-electron chi connectivity index (χ1n) is 5.74. The summed E-state index contributed by atoms with van der Waals surface area (Å²) in [6.07, 6.45) is 2.72. The van der Waals surface area contributed by atoms with Gasteiger partial charge in [-0.25, -0.2) is 9.59 Å². The van der Waals surface area contributed by atoms with Crippen LogP contribution < -0.4 is 5.32 Å². The summed E-state index contributed by atoms with van der Waals surface area (Å²) < 4.78 is 13.9. The molecule has 0 aliphatic heterocycles. The third kappa shape index (κ3) is 7.93. The van der Waals surface area contributed by atoms with Gasteiger partial charge in [0.1, 0.15) is 12.6 Å². The van der Waals surface area contributed by atoms with E-state index < -0.39 is 23.9 Å². The molecule has 0 aliphatic carbocycles. The van der Waals surface area contributed by atoms with E-state index in [2.05, 4.69) is 14.8 Å². The van der Waals surface area contributed by atoms with Gasteiger partial charge in [-0.05, 0) is 13.3 Å². The summed E-state index contributed by atoms with van der Waals surface area (Å²) in [7, 11) is 2.46. The molecule has 0 heterocycles. The van der Waals surface area contributed by atoms with Crippen molar-refractivity contribution in [1.82, 2.24) is 5.32 Å². The summed E-state index contributed by atoms with van der Waals surface area (Å²) in [5, 5.41) is 2.45. The first-order chi connectivity index (χ1) is 9.04. The second-order valence-corrected chi connectivity index (χ2v) is 3.44. The number of amides is 1. The first kappa shape index (κ1) is 17.1. The average Bonchev–Trinajstić information content (AvgIpc) is 2.42. The van der Waals surface area contributed by atoms with E-state index in [-0.39, 0.29) is 13.0 Å². The van der Waals surface area contributed by atoms with Crippen LogP contribution in [0.1, 0.15) is 13.3 Å². The Kier molecular flexibility index (Phi) is 9.07. The first-order valence-corrected chi connectivity index (χ1v) is 5.74. The van der Waals surface area contributed by atoms with Gasteiger partial charge in [0, 0.05) is 12.7 Å². The second kappa shape index (κ2) is 10.1. The van der Waals surface area contributed by atoms with Crippen LogP contribution in [0.15, 0.2) is 12.2 Å². The van der Waals surface area contributed by atoms with Crippen LogP contribution >= 0.6 is 0 Å². The van der Waals surface area contributed by atoms with Gasteiger partial charge in [-0.1, -0.05) is 6.08 Å². The van der Waals surface area contributed by atoms with Gasteiger partial charge in [-0.3, -0.25) is 4.79 Å². The zero-order chi connectivity index (χ0) is 14.7. The number of nitrogens with one attached hydrogen (secondary N) is 1. The highest BCUT2D eigenvalue weighted by molar-refractivity contribution is 5.85. The number of hydrogen-bond donors (Lipinski definition) is 1. The van der Waals surface area contributed by atoms with Crippen molar-refractivity contribution in [2.45, 2.75) is 19.4 Å². The fraction of sp³-hybridized carbons (Fsp3) is 0.583. The number of carbonyl (C=O) groups is 3. The van der Waals surface area contributed by atoms with E-state index in [0.717, 1.165) is 0 Å². The standard InChI is InChI=1S/C12H19NO6/c1-4-19-8-10(14)13-9(12(16)18-3)6-5-7-11(15)17-2/h5,7,9H,4,6,8H2,1-3H3,(H,13,14)/b7-5+/t9-/m1/s1. The molecule has 19 heavy (non-hydrogen) atoms. The number of methoxy groups -OCH3 is 2.